The molecule has 1 unspecified atom stereocenters. The predicted octanol–water partition coefficient (Wildman–Crippen LogP) is 3.55. The van der Waals surface area contributed by atoms with Gasteiger partial charge in [-0.25, -0.2) is 0 Å². The van der Waals surface area contributed by atoms with E-state index in [1.807, 2.05) is 60.4 Å². The van der Waals surface area contributed by atoms with E-state index in [1.54, 1.807) is 0 Å². The van der Waals surface area contributed by atoms with Crippen molar-refractivity contribution in [2.24, 2.45) is 0 Å². The predicted molar refractivity (Wildman–Crippen MR) is 93.8 cm³/mol. The fourth-order valence-electron chi connectivity index (χ4n) is 2.82. The molecule has 0 radical (unpaired) electrons. The van der Waals surface area contributed by atoms with Crippen molar-refractivity contribution in [1.29, 1.82) is 0 Å². The summed E-state index contributed by atoms with van der Waals surface area (Å²) in [6.07, 6.45) is 0.817. The van der Waals surface area contributed by atoms with Crippen molar-refractivity contribution in [3.05, 3.63) is 59.7 Å². The van der Waals surface area contributed by atoms with Gasteiger partial charge in [-0.3, -0.25) is 4.79 Å². The molecule has 0 saturated heterocycles. The van der Waals surface area contributed by atoms with Gasteiger partial charge >= 0.3 is 0 Å². The fourth-order valence-corrected chi connectivity index (χ4v) is 2.82. The van der Waals surface area contributed by atoms with Gasteiger partial charge in [0.05, 0.1) is 6.54 Å². The first-order chi connectivity index (χ1) is 11.7. The van der Waals surface area contributed by atoms with Crippen LogP contribution in [-0.2, 0) is 6.42 Å². The average molecular weight is 325 g/mol. The molecule has 0 spiro atoms. The van der Waals surface area contributed by atoms with Crippen LogP contribution in [0.3, 0.4) is 0 Å². The summed E-state index contributed by atoms with van der Waals surface area (Å²) >= 11 is 0. The summed E-state index contributed by atoms with van der Waals surface area (Å²) in [6.45, 7) is 5.69. The Balaban J connectivity index is 1.67. The first kappa shape index (κ1) is 16.4. The number of benzene rings is 2. The third kappa shape index (κ3) is 3.53. The molecule has 0 aromatic heterocycles. The third-order valence-electron chi connectivity index (χ3n) is 4.27. The Morgan fingerprint density at radius 2 is 1.79 bits per heavy atom. The van der Waals surface area contributed by atoms with E-state index in [2.05, 4.69) is 6.92 Å². The van der Waals surface area contributed by atoms with Gasteiger partial charge in [-0.05, 0) is 43.2 Å². The number of amides is 1. The highest BCUT2D eigenvalue weighted by molar-refractivity contribution is 5.94. The van der Waals surface area contributed by atoms with Gasteiger partial charge in [0.25, 0.3) is 5.91 Å². The Morgan fingerprint density at radius 1 is 1.08 bits per heavy atom. The van der Waals surface area contributed by atoms with Crippen LogP contribution in [-0.4, -0.2) is 36.6 Å². The van der Waals surface area contributed by atoms with Crippen LogP contribution in [0.15, 0.2) is 48.5 Å². The minimum absolute atomic E-state index is 0.0302. The number of ether oxygens (including phenoxy) is 2. The van der Waals surface area contributed by atoms with E-state index in [0.29, 0.717) is 25.3 Å². The molecule has 0 fully saturated rings. The number of fused-ring (bicyclic) bond motifs is 1. The first-order valence-corrected chi connectivity index (χ1v) is 8.48. The first-order valence-electron chi connectivity index (χ1n) is 8.48. The molecule has 1 heterocycles. The molecule has 0 bridgehead atoms. The molecular weight excluding hydrogens is 302 g/mol. The van der Waals surface area contributed by atoms with E-state index >= 15 is 0 Å². The van der Waals surface area contributed by atoms with Crippen LogP contribution >= 0.6 is 0 Å². The Hall–Kier alpha value is -2.49. The standard InChI is InChI=1S/C20H23NO3/c1-3-15-9-11-16(12-10-15)20(22)21(4-2)13-17-14-23-18-7-5-6-8-19(18)24-17/h5-12,17H,3-4,13-14H2,1-2H3. The van der Waals surface area contributed by atoms with Gasteiger partial charge in [-0.1, -0.05) is 31.2 Å². The largest absolute Gasteiger partial charge is 0.486 e. The second-order valence-electron chi connectivity index (χ2n) is 5.89. The molecule has 1 atom stereocenters. The highest BCUT2D eigenvalue weighted by atomic mass is 16.6. The van der Waals surface area contributed by atoms with Crippen molar-refractivity contribution in [3.63, 3.8) is 0 Å². The Morgan fingerprint density at radius 3 is 2.46 bits per heavy atom. The fraction of sp³-hybridized carbons (Fsp3) is 0.350. The third-order valence-corrected chi connectivity index (χ3v) is 4.27. The van der Waals surface area contributed by atoms with E-state index in [4.69, 9.17) is 9.47 Å². The van der Waals surface area contributed by atoms with Crippen molar-refractivity contribution in [3.8, 4) is 11.5 Å². The Kier molecular flexibility index (Phi) is 5.04. The molecule has 0 saturated carbocycles. The zero-order chi connectivity index (χ0) is 16.9. The maximum Gasteiger partial charge on any atom is 0.253 e. The summed E-state index contributed by atoms with van der Waals surface area (Å²) in [7, 11) is 0. The number of rotatable bonds is 5. The zero-order valence-electron chi connectivity index (χ0n) is 14.2. The summed E-state index contributed by atoms with van der Waals surface area (Å²) in [4.78, 5) is 14.5. The van der Waals surface area contributed by atoms with Gasteiger partial charge in [-0.15, -0.1) is 0 Å². The molecule has 2 aromatic carbocycles. The van der Waals surface area contributed by atoms with E-state index in [9.17, 15) is 4.79 Å². The van der Waals surface area contributed by atoms with E-state index in [-0.39, 0.29) is 12.0 Å². The lowest BCUT2D eigenvalue weighted by Gasteiger charge is -2.31. The lowest BCUT2D eigenvalue weighted by molar-refractivity contribution is 0.0475. The molecule has 0 N–H and O–H groups in total. The number of carbonyl (C=O) groups is 1. The van der Waals surface area contributed by atoms with Gasteiger partial charge in [-0.2, -0.15) is 0 Å². The number of hydrogen-bond acceptors (Lipinski definition) is 3. The lowest BCUT2D eigenvalue weighted by Crippen LogP contribution is -2.43. The summed E-state index contributed by atoms with van der Waals surface area (Å²) in [5.74, 6) is 1.53. The smallest absolute Gasteiger partial charge is 0.253 e. The average Bonchev–Trinajstić information content (AvgIpc) is 2.65. The molecule has 2 aromatic rings. The molecule has 126 valence electrons. The molecule has 4 heteroatoms. The monoisotopic (exact) mass is 325 g/mol. The minimum atomic E-state index is -0.154. The molecule has 4 nitrogen and oxygen atoms in total. The number of nitrogens with zero attached hydrogens (tertiary/aromatic N) is 1. The number of para-hydroxylation sites is 2. The van der Waals surface area contributed by atoms with Crippen LogP contribution in [0.1, 0.15) is 29.8 Å². The number of aryl methyl sites for hydroxylation is 1. The minimum Gasteiger partial charge on any atom is -0.486 e. The molecule has 3 rings (SSSR count). The SMILES string of the molecule is CCc1ccc(C(=O)N(CC)CC2COc3ccccc3O2)cc1. The second kappa shape index (κ2) is 7.39. The molecule has 24 heavy (non-hydrogen) atoms. The van der Waals surface area contributed by atoms with Gasteiger partial charge in [0.1, 0.15) is 6.61 Å². The molecule has 1 amide bonds. The normalized spacial score (nSPS) is 15.8. The van der Waals surface area contributed by atoms with Crippen molar-refractivity contribution >= 4 is 5.91 Å². The topological polar surface area (TPSA) is 38.8 Å². The van der Waals surface area contributed by atoms with E-state index < -0.39 is 0 Å². The van der Waals surface area contributed by atoms with Gasteiger partial charge < -0.3 is 14.4 Å². The zero-order valence-corrected chi connectivity index (χ0v) is 14.2. The highest BCUT2D eigenvalue weighted by Crippen LogP contribution is 2.31. The Bertz CT molecular complexity index is 696. The molecule has 1 aliphatic rings. The number of hydrogen-bond donors (Lipinski definition) is 0. The van der Waals surface area contributed by atoms with Gasteiger partial charge in [0.15, 0.2) is 17.6 Å². The summed E-state index contributed by atoms with van der Waals surface area (Å²) in [6, 6.07) is 15.4. The summed E-state index contributed by atoms with van der Waals surface area (Å²) in [5, 5.41) is 0. The van der Waals surface area contributed by atoms with Crippen molar-refractivity contribution in [1.82, 2.24) is 4.90 Å². The van der Waals surface area contributed by atoms with Crippen LogP contribution in [0, 0.1) is 0 Å². The summed E-state index contributed by atoms with van der Waals surface area (Å²) in [5.41, 5.74) is 1.95. The maximum atomic E-state index is 12.7. The van der Waals surface area contributed by atoms with Gasteiger partial charge in [0.2, 0.25) is 0 Å². The van der Waals surface area contributed by atoms with Crippen LogP contribution in [0.4, 0.5) is 0 Å². The van der Waals surface area contributed by atoms with Crippen molar-refractivity contribution < 1.29 is 14.3 Å². The highest BCUT2D eigenvalue weighted by Gasteiger charge is 2.25. The number of likely N-dealkylation sites (N-methyl/N-ethyl adjacent to an activating group) is 1. The summed E-state index contributed by atoms with van der Waals surface area (Å²) < 4.78 is 11.7. The van der Waals surface area contributed by atoms with Crippen LogP contribution in [0.2, 0.25) is 0 Å². The van der Waals surface area contributed by atoms with Crippen LogP contribution in [0.5, 0.6) is 11.5 Å². The second-order valence-corrected chi connectivity index (χ2v) is 5.89. The van der Waals surface area contributed by atoms with E-state index in [1.165, 1.54) is 5.56 Å². The maximum absolute atomic E-state index is 12.7. The number of carbonyl (C=O) groups excluding carboxylic acids is 1. The quantitative estimate of drug-likeness (QED) is 0.844. The van der Waals surface area contributed by atoms with E-state index in [0.717, 1.165) is 17.9 Å². The molecule has 0 aliphatic carbocycles. The van der Waals surface area contributed by atoms with Crippen molar-refractivity contribution in [2.45, 2.75) is 26.4 Å². The Labute approximate surface area is 143 Å². The van der Waals surface area contributed by atoms with Gasteiger partial charge in [0, 0.05) is 12.1 Å². The van der Waals surface area contributed by atoms with Crippen LogP contribution < -0.4 is 9.47 Å². The molecular formula is C20H23NO3. The lowest BCUT2D eigenvalue weighted by atomic mass is 10.1. The molecule has 1 aliphatic heterocycles. The van der Waals surface area contributed by atoms with Crippen molar-refractivity contribution in [2.75, 3.05) is 19.7 Å². The van der Waals surface area contributed by atoms with Crippen LogP contribution in [0.25, 0.3) is 0 Å².